The second kappa shape index (κ2) is 4.61. The molecule has 76 valence electrons. The molecule has 1 saturated carbocycles. The van der Waals surface area contributed by atoms with Crippen molar-refractivity contribution in [2.75, 3.05) is 13.6 Å². The van der Waals surface area contributed by atoms with Crippen LogP contribution >= 0.6 is 0 Å². The third kappa shape index (κ3) is 2.44. The highest BCUT2D eigenvalue weighted by molar-refractivity contribution is 5.79. The van der Waals surface area contributed by atoms with Crippen LogP contribution in [0, 0.1) is 5.92 Å². The standard InChI is InChI=1S/C10H20N2O/c1-8(6-7-11)12(2)10(13)9-4-3-5-9/h8-9H,3-7,11H2,1-2H3. The highest BCUT2D eigenvalue weighted by atomic mass is 16.2. The summed E-state index contributed by atoms with van der Waals surface area (Å²) in [4.78, 5) is 13.6. The van der Waals surface area contributed by atoms with Gasteiger partial charge in [0.1, 0.15) is 0 Å². The molecule has 1 atom stereocenters. The number of rotatable bonds is 4. The summed E-state index contributed by atoms with van der Waals surface area (Å²) in [5.74, 6) is 0.623. The summed E-state index contributed by atoms with van der Waals surface area (Å²) in [7, 11) is 1.89. The molecule has 0 aromatic carbocycles. The molecule has 0 saturated heterocycles. The predicted octanol–water partition coefficient (Wildman–Crippen LogP) is 0.982. The second-order valence-electron chi connectivity index (χ2n) is 4.00. The number of hydrogen-bond donors (Lipinski definition) is 1. The molecule has 0 heterocycles. The number of nitrogens with zero attached hydrogens (tertiary/aromatic N) is 1. The van der Waals surface area contributed by atoms with Gasteiger partial charge in [0.05, 0.1) is 0 Å². The van der Waals surface area contributed by atoms with E-state index < -0.39 is 0 Å². The molecule has 1 aliphatic rings. The van der Waals surface area contributed by atoms with Crippen LogP contribution in [0.15, 0.2) is 0 Å². The van der Waals surface area contributed by atoms with E-state index in [1.807, 2.05) is 11.9 Å². The lowest BCUT2D eigenvalue weighted by molar-refractivity contribution is -0.138. The molecule has 1 fully saturated rings. The summed E-state index contributed by atoms with van der Waals surface area (Å²) in [6, 6.07) is 0.290. The first-order chi connectivity index (χ1) is 6.16. The number of hydrogen-bond acceptors (Lipinski definition) is 2. The minimum Gasteiger partial charge on any atom is -0.343 e. The van der Waals surface area contributed by atoms with Crippen LogP contribution in [-0.4, -0.2) is 30.4 Å². The second-order valence-corrected chi connectivity index (χ2v) is 4.00. The van der Waals surface area contributed by atoms with E-state index >= 15 is 0 Å². The molecule has 2 N–H and O–H groups in total. The molecule has 1 amide bonds. The first kappa shape index (κ1) is 10.5. The van der Waals surface area contributed by atoms with E-state index in [0.29, 0.717) is 18.4 Å². The fourth-order valence-corrected chi connectivity index (χ4v) is 1.60. The number of carbonyl (C=O) groups is 1. The average molecular weight is 184 g/mol. The van der Waals surface area contributed by atoms with Gasteiger partial charge >= 0.3 is 0 Å². The summed E-state index contributed by atoms with van der Waals surface area (Å²) < 4.78 is 0. The van der Waals surface area contributed by atoms with Gasteiger partial charge in [0.15, 0.2) is 0 Å². The van der Waals surface area contributed by atoms with Gasteiger partial charge in [-0.1, -0.05) is 6.42 Å². The topological polar surface area (TPSA) is 46.3 Å². The minimum atomic E-state index is 0.290. The Morgan fingerprint density at radius 3 is 2.62 bits per heavy atom. The Morgan fingerprint density at radius 1 is 1.62 bits per heavy atom. The Kier molecular flexibility index (Phi) is 3.72. The third-order valence-corrected chi connectivity index (χ3v) is 3.05. The van der Waals surface area contributed by atoms with Crippen LogP contribution in [0.3, 0.4) is 0 Å². The van der Waals surface area contributed by atoms with Crippen LogP contribution in [0.1, 0.15) is 32.6 Å². The molecule has 0 aliphatic heterocycles. The largest absolute Gasteiger partial charge is 0.343 e. The van der Waals surface area contributed by atoms with Crippen molar-refractivity contribution in [2.45, 2.75) is 38.6 Å². The summed E-state index contributed by atoms with van der Waals surface area (Å²) in [5, 5.41) is 0. The number of carbonyl (C=O) groups excluding carboxylic acids is 1. The van der Waals surface area contributed by atoms with Crippen molar-refractivity contribution in [3.63, 3.8) is 0 Å². The summed E-state index contributed by atoms with van der Waals surface area (Å²) in [6.45, 7) is 2.72. The van der Waals surface area contributed by atoms with Crippen molar-refractivity contribution in [1.29, 1.82) is 0 Å². The van der Waals surface area contributed by atoms with E-state index in [1.54, 1.807) is 0 Å². The van der Waals surface area contributed by atoms with Gasteiger partial charge in [-0.3, -0.25) is 4.79 Å². The molecule has 1 rings (SSSR count). The van der Waals surface area contributed by atoms with Gasteiger partial charge in [-0.25, -0.2) is 0 Å². The quantitative estimate of drug-likeness (QED) is 0.708. The fraction of sp³-hybridized carbons (Fsp3) is 0.900. The zero-order valence-corrected chi connectivity index (χ0v) is 8.62. The van der Waals surface area contributed by atoms with Crippen molar-refractivity contribution in [2.24, 2.45) is 11.7 Å². The van der Waals surface area contributed by atoms with Crippen molar-refractivity contribution in [3.8, 4) is 0 Å². The van der Waals surface area contributed by atoms with Gasteiger partial charge < -0.3 is 10.6 Å². The van der Waals surface area contributed by atoms with Gasteiger partial charge in [-0.05, 0) is 32.7 Å². The molecule has 0 bridgehead atoms. The molecule has 1 unspecified atom stereocenters. The maximum absolute atomic E-state index is 11.7. The van der Waals surface area contributed by atoms with Gasteiger partial charge in [-0.15, -0.1) is 0 Å². The van der Waals surface area contributed by atoms with Crippen LogP contribution in [-0.2, 0) is 4.79 Å². The molecule has 0 aromatic rings. The highest BCUT2D eigenvalue weighted by Crippen LogP contribution is 2.28. The zero-order chi connectivity index (χ0) is 9.84. The smallest absolute Gasteiger partial charge is 0.225 e. The molecule has 13 heavy (non-hydrogen) atoms. The Balaban J connectivity index is 2.35. The van der Waals surface area contributed by atoms with E-state index in [-0.39, 0.29) is 6.04 Å². The Bertz CT molecular complexity index is 178. The first-order valence-electron chi connectivity index (χ1n) is 5.13. The number of amides is 1. The maximum Gasteiger partial charge on any atom is 0.225 e. The lowest BCUT2D eigenvalue weighted by Crippen LogP contribution is -2.42. The molecule has 0 radical (unpaired) electrons. The minimum absolute atomic E-state index is 0.290. The summed E-state index contributed by atoms with van der Waals surface area (Å²) >= 11 is 0. The van der Waals surface area contributed by atoms with Crippen molar-refractivity contribution < 1.29 is 4.79 Å². The van der Waals surface area contributed by atoms with E-state index in [2.05, 4.69) is 6.92 Å². The molecular weight excluding hydrogens is 164 g/mol. The average Bonchev–Trinajstić information content (AvgIpc) is 2.00. The van der Waals surface area contributed by atoms with Crippen LogP contribution in [0.5, 0.6) is 0 Å². The van der Waals surface area contributed by atoms with Crippen LogP contribution in [0.2, 0.25) is 0 Å². The Morgan fingerprint density at radius 2 is 2.23 bits per heavy atom. The van der Waals surface area contributed by atoms with Crippen LogP contribution < -0.4 is 5.73 Å². The Labute approximate surface area is 80.3 Å². The van der Waals surface area contributed by atoms with Gasteiger partial charge in [0.2, 0.25) is 5.91 Å². The fourth-order valence-electron chi connectivity index (χ4n) is 1.60. The van der Waals surface area contributed by atoms with E-state index in [1.165, 1.54) is 6.42 Å². The molecular formula is C10H20N2O. The lowest BCUT2D eigenvalue weighted by Gasteiger charge is -2.32. The molecule has 3 heteroatoms. The van der Waals surface area contributed by atoms with Gasteiger partial charge in [0, 0.05) is 19.0 Å². The van der Waals surface area contributed by atoms with Crippen molar-refractivity contribution in [3.05, 3.63) is 0 Å². The third-order valence-electron chi connectivity index (χ3n) is 3.05. The SMILES string of the molecule is CC(CCN)N(C)C(=O)C1CCC1. The van der Waals surface area contributed by atoms with E-state index in [4.69, 9.17) is 5.73 Å². The normalized spacial score (nSPS) is 19.3. The van der Waals surface area contributed by atoms with E-state index in [9.17, 15) is 4.79 Å². The van der Waals surface area contributed by atoms with Crippen molar-refractivity contribution in [1.82, 2.24) is 4.90 Å². The number of nitrogens with two attached hydrogens (primary N) is 1. The van der Waals surface area contributed by atoms with Crippen LogP contribution in [0.25, 0.3) is 0 Å². The summed E-state index contributed by atoms with van der Waals surface area (Å²) in [5.41, 5.74) is 5.45. The van der Waals surface area contributed by atoms with Crippen LogP contribution in [0.4, 0.5) is 0 Å². The molecule has 3 nitrogen and oxygen atoms in total. The van der Waals surface area contributed by atoms with Gasteiger partial charge in [-0.2, -0.15) is 0 Å². The molecule has 0 spiro atoms. The highest BCUT2D eigenvalue weighted by Gasteiger charge is 2.29. The molecule has 0 aromatic heterocycles. The monoisotopic (exact) mass is 184 g/mol. The Hall–Kier alpha value is -0.570. The lowest BCUT2D eigenvalue weighted by atomic mass is 9.84. The van der Waals surface area contributed by atoms with E-state index in [0.717, 1.165) is 19.3 Å². The van der Waals surface area contributed by atoms with Gasteiger partial charge in [0.25, 0.3) is 0 Å². The molecule has 1 aliphatic carbocycles. The summed E-state index contributed by atoms with van der Waals surface area (Å²) in [6.07, 6.45) is 4.28. The zero-order valence-electron chi connectivity index (χ0n) is 8.62. The predicted molar refractivity (Wildman–Crippen MR) is 53.2 cm³/mol. The maximum atomic E-state index is 11.7. The first-order valence-corrected chi connectivity index (χ1v) is 5.13. The van der Waals surface area contributed by atoms with Crippen molar-refractivity contribution >= 4 is 5.91 Å².